The number of amides is 1. The molecule has 0 radical (unpaired) electrons. The van der Waals surface area contributed by atoms with Gasteiger partial charge >= 0.3 is 6.09 Å². The maximum Gasteiger partial charge on any atom is 0.410 e. The van der Waals surface area contributed by atoms with Crippen molar-refractivity contribution in [1.29, 1.82) is 0 Å². The molecule has 1 aromatic heterocycles. The molecular weight excluding hydrogens is 292 g/mol. The molecule has 0 aromatic carbocycles. The predicted molar refractivity (Wildman–Crippen MR) is 84.2 cm³/mol. The molecule has 1 aliphatic heterocycles. The third-order valence-corrected chi connectivity index (χ3v) is 5.20. The molecule has 2 rings (SSSR count). The van der Waals surface area contributed by atoms with Gasteiger partial charge in [0.2, 0.25) is 0 Å². The summed E-state index contributed by atoms with van der Waals surface area (Å²) in [6.45, 7) is 7.36. The average Bonchev–Trinajstić information content (AvgIpc) is 2.97. The van der Waals surface area contributed by atoms with Gasteiger partial charge in [-0.3, -0.25) is 4.98 Å². The van der Waals surface area contributed by atoms with Gasteiger partial charge in [-0.1, -0.05) is 0 Å². The van der Waals surface area contributed by atoms with Crippen molar-refractivity contribution in [3.05, 3.63) is 16.6 Å². The minimum atomic E-state index is -0.407. The highest BCUT2D eigenvalue weighted by Crippen LogP contribution is 2.25. The van der Waals surface area contributed by atoms with Gasteiger partial charge < -0.3 is 9.64 Å². The van der Waals surface area contributed by atoms with Crippen molar-refractivity contribution in [2.75, 3.05) is 18.8 Å². The molecular formula is C14H22N2O2S2. The average molecular weight is 314 g/mol. The number of hydrogen-bond donors (Lipinski definition) is 0. The van der Waals surface area contributed by atoms with E-state index in [1.807, 2.05) is 49.1 Å². The molecule has 6 heteroatoms. The van der Waals surface area contributed by atoms with E-state index in [9.17, 15) is 4.79 Å². The van der Waals surface area contributed by atoms with Gasteiger partial charge in [0.15, 0.2) is 0 Å². The minimum absolute atomic E-state index is 0.174. The fourth-order valence-corrected chi connectivity index (χ4v) is 4.00. The first-order valence-corrected chi connectivity index (χ1v) is 8.90. The first kappa shape index (κ1) is 15.6. The molecule has 1 aliphatic rings. The van der Waals surface area contributed by atoms with E-state index in [0.29, 0.717) is 5.92 Å². The van der Waals surface area contributed by atoms with Crippen LogP contribution in [0.1, 0.15) is 32.1 Å². The summed E-state index contributed by atoms with van der Waals surface area (Å²) in [5, 5.41) is 0. The summed E-state index contributed by atoms with van der Waals surface area (Å²) < 4.78 is 5.41. The van der Waals surface area contributed by atoms with Crippen LogP contribution in [0.25, 0.3) is 0 Å². The van der Waals surface area contributed by atoms with Crippen molar-refractivity contribution in [2.45, 2.75) is 38.5 Å². The second-order valence-electron chi connectivity index (χ2n) is 6.06. The van der Waals surface area contributed by atoms with Gasteiger partial charge in [0, 0.05) is 29.9 Å². The number of aromatic nitrogens is 1. The Morgan fingerprint density at radius 1 is 1.60 bits per heavy atom. The summed E-state index contributed by atoms with van der Waals surface area (Å²) in [5.74, 6) is 2.70. The minimum Gasteiger partial charge on any atom is -0.444 e. The fraction of sp³-hybridized carbons (Fsp3) is 0.714. The Labute approximate surface area is 128 Å². The van der Waals surface area contributed by atoms with Crippen LogP contribution in [0.15, 0.2) is 11.7 Å². The molecule has 1 atom stereocenters. The summed E-state index contributed by atoms with van der Waals surface area (Å²) in [7, 11) is 0. The van der Waals surface area contributed by atoms with E-state index in [2.05, 4.69) is 4.98 Å². The summed E-state index contributed by atoms with van der Waals surface area (Å²) in [6, 6.07) is 0. The zero-order chi connectivity index (χ0) is 14.6. The highest BCUT2D eigenvalue weighted by atomic mass is 32.2. The Morgan fingerprint density at radius 2 is 2.40 bits per heavy atom. The standard InChI is InChI=1S/C14H22N2O2S2/c1-14(2,3)18-13(17)16-5-4-11(7-16)8-19-9-12-6-15-10-20-12/h6,10-11H,4-5,7-9H2,1-3H3. The number of carbonyl (C=O) groups excluding carboxylic acids is 1. The Bertz CT molecular complexity index is 429. The second-order valence-corrected chi connectivity index (χ2v) is 8.07. The van der Waals surface area contributed by atoms with E-state index in [1.54, 1.807) is 11.3 Å². The topological polar surface area (TPSA) is 42.4 Å². The van der Waals surface area contributed by atoms with Gasteiger partial charge in [0.1, 0.15) is 5.60 Å². The SMILES string of the molecule is CC(C)(C)OC(=O)N1CCC(CSCc2cncs2)C1. The molecule has 0 N–H and O–H groups in total. The third-order valence-electron chi connectivity index (χ3n) is 3.02. The number of carbonyl (C=O) groups is 1. The molecule has 1 amide bonds. The van der Waals surface area contributed by atoms with E-state index in [-0.39, 0.29) is 6.09 Å². The normalized spacial score (nSPS) is 19.4. The van der Waals surface area contributed by atoms with E-state index < -0.39 is 5.60 Å². The first-order chi connectivity index (χ1) is 9.44. The number of thioether (sulfide) groups is 1. The third kappa shape index (κ3) is 4.98. The molecule has 20 heavy (non-hydrogen) atoms. The van der Waals surface area contributed by atoms with Crippen molar-refractivity contribution >= 4 is 29.2 Å². The van der Waals surface area contributed by atoms with Gasteiger partial charge in [-0.2, -0.15) is 11.8 Å². The Hall–Kier alpha value is -0.750. The van der Waals surface area contributed by atoms with Crippen LogP contribution in [0.2, 0.25) is 0 Å². The maximum atomic E-state index is 12.0. The molecule has 1 fully saturated rings. The summed E-state index contributed by atoms with van der Waals surface area (Å²) in [5.41, 5.74) is 1.46. The molecule has 0 aliphatic carbocycles. The van der Waals surface area contributed by atoms with E-state index >= 15 is 0 Å². The summed E-state index contributed by atoms with van der Waals surface area (Å²) >= 11 is 3.63. The molecule has 1 unspecified atom stereocenters. The maximum absolute atomic E-state index is 12.0. The van der Waals surface area contributed by atoms with E-state index in [1.165, 1.54) is 4.88 Å². The molecule has 1 aromatic rings. The Kier molecular flexibility index (Phi) is 5.32. The lowest BCUT2D eigenvalue weighted by atomic mass is 10.2. The van der Waals surface area contributed by atoms with E-state index in [4.69, 9.17) is 4.74 Å². The van der Waals surface area contributed by atoms with Crippen LogP contribution in [-0.2, 0) is 10.5 Å². The van der Waals surface area contributed by atoms with Crippen LogP contribution in [0.3, 0.4) is 0 Å². The lowest BCUT2D eigenvalue weighted by molar-refractivity contribution is 0.0289. The van der Waals surface area contributed by atoms with Crippen LogP contribution in [0.4, 0.5) is 4.79 Å². The first-order valence-electron chi connectivity index (χ1n) is 6.87. The molecule has 2 heterocycles. The van der Waals surface area contributed by atoms with Crippen LogP contribution < -0.4 is 0 Å². The predicted octanol–water partition coefficient (Wildman–Crippen LogP) is 3.63. The van der Waals surface area contributed by atoms with E-state index in [0.717, 1.165) is 31.0 Å². The van der Waals surface area contributed by atoms with Crippen molar-refractivity contribution in [2.24, 2.45) is 5.92 Å². The lowest BCUT2D eigenvalue weighted by Crippen LogP contribution is -2.35. The zero-order valence-electron chi connectivity index (χ0n) is 12.3. The largest absolute Gasteiger partial charge is 0.444 e. The fourth-order valence-electron chi connectivity index (χ4n) is 2.10. The number of rotatable bonds is 4. The van der Waals surface area contributed by atoms with Gasteiger partial charge in [0.05, 0.1) is 5.51 Å². The number of hydrogen-bond acceptors (Lipinski definition) is 5. The number of nitrogens with zero attached hydrogens (tertiary/aromatic N) is 2. The van der Waals surface area contributed by atoms with Crippen molar-refractivity contribution in [3.63, 3.8) is 0 Å². The monoisotopic (exact) mass is 314 g/mol. The van der Waals surface area contributed by atoms with Crippen LogP contribution >= 0.6 is 23.1 Å². The van der Waals surface area contributed by atoms with Crippen LogP contribution in [-0.4, -0.2) is 40.4 Å². The van der Waals surface area contributed by atoms with Crippen molar-refractivity contribution in [3.8, 4) is 0 Å². The van der Waals surface area contributed by atoms with Gasteiger partial charge in [-0.25, -0.2) is 4.79 Å². The molecule has 0 bridgehead atoms. The van der Waals surface area contributed by atoms with Crippen molar-refractivity contribution < 1.29 is 9.53 Å². The molecule has 0 spiro atoms. The molecule has 1 saturated heterocycles. The quantitative estimate of drug-likeness (QED) is 0.851. The van der Waals surface area contributed by atoms with Crippen LogP contribution in [0.5, 0.6) is 0 Å². The lowest BCUT2D eigenvalue weighted by Gasteiger charge is -2.24. The molecule has 4 nitrogen and oxygen atoms in total. The Balaban J connectivity index is 1.68. The summed E-state index contributed by atoms with van der Waals surface area (Å²) in [6.07, 6.45) is 2.83. The highest BCUT2D eigenvalue weighted by Gasteiger charge is 2.29. The zero-order valence-corrected chi connectivity index (χ0v) is 13.9. The van der Waals surface area contributed by atoms with Gasteiger partial charge in [0.25, 0.3) is 0 Å². The second kappa shape index (κ2) is 6.80. The molecule has 112 valence electrons. The van der Waals surface area contributed by atoms with Gasteiger partial charge in [-0.05, 0) is 38.9 Å². The number of thiazole rings is 1. The number of ether oxygens (including phenoxy) is 1. The highest BCUT2D eigenvalue weighted by molar-refractivity contribution is 7.98. The van der Waals surface area contributed by atoms with Crippen LogP contribution in [0, 0.1) is 5.92 Å². The molecule has 0 saturated carbocycles. The smallest absolute Gasteiger partial charge is 0.410 e. The Morgan fingerprint density at radius 3 is 3.05 bits per heavy atom. The van der Waals surface area contributed by atoms with Crippen molar-refractivity contribution in [1.82, 2.24) is 9.88 Å². The van der Waals surface area contributed by atoms with Gasteiger partial charge in [-0.15, -0.1) is 11.3 Å². The number of likely N-dealkylation sites (tertiary alicyclic amines) is 1. The summed E-state index contributed by atoms with van der Waals surface area (Å²) in [4.78, 5) is 19.2.